The van der Waals surface area contributed by atoms with Gasteiger partial charge in [-0.05, 0) is 51.4 Å². The van der Waals surface area contributed by atoms with Crippen LogP contribution in [0.4, 0.5) is 0 Å². The molecule has 0 aliphatic rings. The van der Waals surface area contributed by atoms with Crippen molar-refractivity contribution in [2.75, 3.05) is 13.2 Å². The predicted octanol–water partition coefficient (Wildman–Crippen LogP) is 0.174. The van der Waals surface area contributed by atoms with E-state index in [2.05, 4.69) is 0 Å². The Hall–Kier alpha value is -0.200. The average molecular weight is 264 g/mol. The minimum atomic E-state index is -0.502. The fourth-order valence-electron chi connectivity index (χ4n) is 1.86. The summed E-state index contributed by atoms with van der Waals surface area (Å²) in [7, 11) is 0. The minimum Gasteiger partial charge on any atom is -0.396 e. The number of hydrogen-bond donors (Lipinski definition) is 5. The van der Waals surface area contributed by atoms with E-state index in [0.717, 1.165) is 0 Å². The zero-order valence-electron chi connectivity index (χ0n) is 11.0. The van der Waals surface area contributed by atoms with E-state index in [1.165, 1.54) is 0 Å². The van der Waals surface area contributed by atoms with E-state index >= 15 is 0 Å². The molecule has 0 radical (unpaired) electrons. The summed E-state index contributed by atoms with van der Waals surface area (Å²) in [6.07, 6.45) is 2.91. The molecule has 0 heterocycles. The average Bonchev–Trinajstić information content (AvgIpc) is 2.37. The van der Waals surface area contributed by atoms with Crippen LogP contribution >= 0.6 is 0 Å². The summed E-state index contributed by atoms with van der Waals surface area (Å²) in [5.74, 6) is 0. The van der Waals surface area contributed by atoms with Crippen molar-refractivity contribution in [1.82, 2.24) is 0 Å². The highest BCUT2D eigenvalue weighted by molar-refractivity contribution is 4.65. The number of rotatable bonds is 12. The topological polar surface area (TPSA) is 101 Å². The van der Waals surface area contributed by atoms with Gasteiger partial charge in [0, 0.05) is 13.2 Å². The SMILES string of the molecule is OCCC[C@H](O)CCC(O)CC[C@@H](O)CCCO. The van der Waals surface area contributed by atoms with Crippen LogP contribution in [-0.2, 0) is 0 Å². The van der Waals surface area contributed by atoms with Gasteiger partial charge in [-0.1, -0.05) is 0 Å². The third-order valence-corrected chi connectivity index (χ3v) is 3.06. The van der Waals surface area contributed by atoms with Crippen LogP contribution in [0.1, 0.15) is 51.4 Å². The quantitative estimate of drug-likeness (QED) is 0.346. The van der Waals surface area contributed by atoms with Gasteiger partial charge in [0.05, 0.1) is 18.3 Å². The van der Waals surface area contributed by atoms with Gasteiger partial charge in [0.2, 0.25) is 0 Å². The molecule has 18 heavy (non-hydrogen) atoms. The Morgan fingerprint density at radius 2 is 0.778 bits per heavy atom. The van der Waals surface area contributed by atoms with E-state index in [0.29, 0.717) is 51.4 Å². The zero-order valence-corrected chi connectivity index (χ0v) is 11.0. The molecule has 0 aliphatic heterocycles. The molecule has 5 nitrogen and oxygen atoms in total. The standard InChI is InChI=1S/C13H28O5/c14-9-1-3-11(16)5-7-13(18)8-6-12(17)4-2-10-15/h11-18H,1-10H2/t11-,12-/m0/s1. The van der Waals surface area contributed by atoms with E-state index in [-0.39, 0.29) is 13.2 Å². The monoisotopic (exact) mass is 264 g/mol. The van der Waals surface area contributed by atoms with Gasteiger partial charge >= 0.3 is 0 Å². The van der Waals surface area contributed by atoms with Crippen LogP contribution in [0.3, 0.4) is 0 Å². The summed E-state index contributed by atoms with van der Waals surface area (Å²) in [6.45, 7) is 0.160. The molecule has 0 bridgehead atoms. The van der Waals surface area contributed by atoms with E-state index in [1.807, 2.05) is 0 Å². The van der Waals surface area contributed by atoms with Crippen molar-refractivity contribution in [1.29, 1.82) is 0 Å². The Bertz CT molecular complexity index is 159. The highest BCUT2D eigenvalue weighted by atomic mass is 16.3. The van der Waals surface area contributed by atoms with Gasteiger partial charge in [-0.3, -0.25) is 0 Å². The summed E-state index contributed by atoms with van der Waals surface area (Å²) in [5.41, 5.74) is 0. The maximum atomic E-state index is 9.68. The minimum absolute atomic E-state index is 0.0800. The van der Waals surface area contributed by atoms with Crippen molar-refractivity contribution in [3.05, 3.63) is 0 Å². The summed E-state index contributed by atoms with van der Waals surface area (Å²) < 4.78 is 0. The lowest BCUT2D eigenvalue weighted by Gasteiger charge is -2.16. The lowest BCUT2D eigenvalue weighted by Crippen LogP contribution is -2.16. The second-order valence-corrected chi connectivity index (χ2v) is 4.85. The van der Waals surface area contributed by atoms with Crippen LogP contribution in [0.2, 0.25) is 0 Å². The van der Waals surface area contributed by atoms with Gasteiger partial charge in [-0.2, -0.15) is 0 Å². The summed E-state index contributed by atoms with van der Waals surface area (Å²) in [4.78, 5) is 0. The van der Waals surface area contributed by atoms with Crippen molar-refractivity contribution in [2.24, 2.45) is 0 Å². The van der Waals surface area contributed by atoms with Crippen LogP contribution in [0.5, 0.6) is 0 Å². The molecule has 5 heteroatoms. The number of aliphatic hydroxyl groups excluding tert-OH is 5. The van der Waals surface area contributed by atoms with Gasteiger partial charge in [-0.15, -0.1) is 0 Å². The van der Waals surface area contributed by atoms with Gasteiger partial charge in [0.1, 0.15) is 0 Å². The van der Waals surface area contributed by atoms with Crippen LogP contribution in [0.15, 0.2) is 0 Å². The predicted molar refractivity (Wildman–Crippen MR) is 69.1 cm³/mol. The molecule has 5 N–H and O–H groups in total. The molecule has 0 aliphatic carbocycles. The molecule has 0 saturated heterocycles. The summed E-state index contributed by atoms with van der Waals surface area (Å²) >= 11 is 0. The zero-order chi connectivity index (χ0) is 13.8. The molecule has 0 aromatic heterocycles. The molecule has 0 rings (SSSR count). The Morgan fingerprint density at radius 3 is 1.06 bits per heavy atom. The second-order valence-electron chi connectivity index (χ2n) is 4.85. The molecule has 0 spiro atoms. The van der Waals surface area contributed by atoms with Gasteiger partial charge in [0.15, 0.2) is 0 Å². The van der Waals surface area contributed by atoms with Crippen LogP contribution in [0.25, 0.3) is 0 Å². The lowest BCUT2D eigenvalue weighted by molar-refractivity contribution is 0.0793. The fourth-order valence-corrected chi connectivity index (χ4v) is 1.86. The molecule has 2 atom stereocenters. The van der Waals surface area contributed by atoms with Gasteiger partial charge < -0.3 is 25.5 Å². The second kappa shape index (κ2) is 11.9. The maximum Gasteiger partial charge on any atom is 0.0542 e. The summed E-state index contributed by atoms with van der Waals surface area (Å²) in [5, 5.41) is 45.9. The Balaban J connectivity index is 3.49. The van der Waals surface area contributed by atoms with E-state index in [9.17, 15) is 15.3 Å². The van der Waals surface area contributed by atoms with E-state index < -0.39 is 18.3 Å². The molecule has 110 valence electrons. The highest BCUT2D eigenvalue weighted by Gasteiger charge is 2.11. The molecule has 0 aromatic carbocycles. The molecular formula is C13H28O5. The molecule has 0 fully saturated rings. The molecule has 0 saturated carbocycles. The first-order valence-corrected chi connectivity index (χ1v) is 6.86. The van der Waals surface area contributed by atoms with Crippen molar-refractivity contribution < 1.29 is 25.5 Å². The Morgan fingerprint density at radius 1 is 0.500 bits per heavy atom. The van der Waals surface area contributed by atoms with Crippen LogP contribution in [0, 0.1) is 0 Å². The third kappa shape index (κ3) is 10.9. The fraction of sp³-hybridized carbons (Fsp3) is 1.00. The number of hydrogen-bond acceptors (Lipinski definition) is 5. The maximum absolute atomic E-state index is 9.68. The smallest absolute Gasteiger partial charge is 0.0542 e. The summed E-state index contributed by atoms with van der Waals surface area (Å²) in [6, 6.07) is 0. The van der Waals surface area contributed by atoms with Crippen molar-refractivity contribution in [3.8, 4) is 0 Å². The number of aliphatic hydroxyl groups is 5. The molecule has 0 aromatic rings. The highest BCUT2D eigenvalue weighted by Crippen LogP contribution is 2.13. The van der Waals surface area contributed by atoms with E-state index in [4.69, 9.17) is 10.2 Å². The Labute approximate surface area is 109 Å². The van der Waals surface area contributed by atoms with E-state index in [1.54, 1.807) is 0 Å². The van der Waals surface area contributed by atoms with Crippen molar-refractivity contribution >= 4 is 0 Å². The van der Waals surface area contributed by atoms with Crippen LogP contribution in [-0.4, -0.2) is 57.1 Å². The molecule has 0 amide bonds. The Kier molecular flexibility index (Phi) is 11.7. The first-order chi connectivity index (χ1) is 8.60. The van der Waals surface area contributed by atoms with Crippen molar-refractivity contribution in [3.63, 3.8) is 0 Å². The van der Waals surface area contributed by atoms with Crippen molar-refractivity contribution in [2.45, 2.75) is 69.7 Å². The van der Waals surface area contributed by atoms with Gasteiger partial charge in [-0.25, -0.2) is 0 Å². The molecule has 0 unspecified atom stereocenters. The first-order valence-electron chi connectivity index (χ1n) is 6.86. The van der Waals surface area contributed by atoms with Gasteiger partial charge in [0.25, 0.3) is 0 Å². The molecular weight excluding hydrogens is 236 g/mol. The van der Waals surface area contributed by atoms with Crippen LogP contribution < -0.4 is 0 Å². The lowest BCUT2D eigenvalue weighted by atomic mass is 10.0. The first kappa shape index (κ1) is 17.8. The third-order valence-electron chi connectivity index (χ3n) is 3.06. The normalized spacial score (nSPS) is 15.0. The largest absolute Gasteiger partial charge is 0.396 e.